The molecule has 168 valence electrons. The normalized spacial score (nSPS) is 33.6. The maximum atomic E-state index is 6.06. The molecule has 3 fully saturated rings. The van der Waals surface area contributed by atoms with Crippen LogP contribution in [-0.4, -0.2) is 55.3 Å². The van der Waals surface area contributed by atoms with E-state index in [-0.39, 0.29) is 29.4 Å². The number of rotatable bonds is 4. The number of likely N-dealkylation sites (tertiary alicyclic amines) is 1. The van der Waals surface area contributed by atoms with E-state index in [1.807, 2.05) is 7.05 Å². The summed E-state index contributed by atoms with van der Waals surface area (Å²) in [4.78, 5) is 7.16. The highest BCUT2D eigenvalue weighted by Gasteiger charge is 2.58. The summed E-state index contributed by atoms with van der Waals surface area (Å²) in [6.07, 6.45) is 5.14. The molecule has 0 bridgehead atoms. The van der Waals surface area contributed by atoms with Gasteiger partial charge in [-0.2, -0.15) is 0 Å². The van der Waals surface area contributed by atoms with Gasteiger partial charge in [0.25, 0.3) is 0 Å². The number of fused-ring (bicyclic) bond motifs is 1. The number of ether oxygens (including phenoxy) is 1. The second-order valence-corrected chi connectivity index (χ2v) is 9.78. The molecular formula is C24H39IN4O. The number of aliphatic imine (C=N–C) groups is 1. The zero-order valence-corrected chi connectivity index (χ0v) is 21.3. The maximum absolute atomic E-state index is 6.06. The van der Waals surface area contributed by atoms with Gasteiger partial charge in [0, 0.05) is 56.2 Å². The van der Waals surface area contributed by atoms with Crippen LogP contribution < -0.4 is 10.6 Å². The number of nitrogens with zero attached hydrogens (tertiary/aromatic N) is 2. The van der Waals surface area contributed by atoms with Crippen LogP contribution in [0.15, 0.2) is 35.3 Å². The Bertz CT molecular complexity index is 710. The monoisotopic (exact) mass is 526 g/mol. The third-order valence-electron chi connectivity index (χ3n) is 7.43. The standard InChI is InChI=1S/C24H38N4O.HI/c1-17-15-19(12-13-28(17)16-18-9-6-5-7-10-18)26-23(25-4)27-21-20-11-8-14-29-22(20)24(21,2)3;/h5-7,9-10,17,19-22H,8,11-16H2,1-4H3,(H2,25,26,27);1H. The van der Waals surface area contributed by atoms with E-state index in [0.717, 1.165) is 38.5 Å². The molecule has 0 amide bonds. The highest BCUT2D eigenvalue weighted by molar-refractivity contribution is 14.0. The Morgan fingerprint density at radius 1 is 1.20 bits per heavy atom. The summed E-state index contributed by atoms with van der Waals surface area (Å²) in [7, 11) is 1.89. The molecule has 5 unspecified atom stereocenters. The largest absolute Gasteiger partial charge is 0.377 e. The van der Waals surface area contributed by atoms with Crippen LogP contribution >= 0.6 is 24.0 Å². The van der Waals surface area contributed by atoms with Gasteiger partial charge in [0.1, 0.15) is 0 Å². The highest BCUT2D eigenvalue weighted by atomic mass is 127. The predicted octanol–water partition coefficient (Wildman–Crippen LogP) is 4.03. The van der Waals surface area contributed by atoms with Crippen LogP contribution in [0.2, 0.25) is 0 Å². The first-order chi connectivity index (χ1) is 14.0. The van der Waals surface area contributed by atoms with E-state index in [2.05, 4.69) is 71.6 Å². The summed E-state index contributed by atoms with van der Waals surface area (Å²) < 4.78 is 6.06. The van der Waals surface area contributed by atoms with Gasteiger partial charge in [0.15, 0.2) is 5.96 Å². The van der Waals surface area contributed by atoms with E-state index in [9.17, 15) is 0 Å². The molecule has 2 heterocycles. The second-order valence-electron chi connectivity index (χ2n) is 9.78. The molecule has 5 nitrogen and oxygen atoms in total. The number of hydrogen-bond acceptors (Lipinski definition) is 3. The Labute approximate surface area is 199 Å². The van der Waals surface area contributed by atoms with Gasteiger partial charge in [-0.3, -0.25) is 9.89 Å². The second kappa shape index (κ2) is 10.2. The van der Waals surface area contributed by atoms with E-state index in [1.54, 1.807) is 0 Å². The van der Waals surface area contributed by atoms with Crippen molar-refractivity contribution in [2.24, 2.45) is 16.3 Å². The van der Waals surface area contributed by atoms with Gasteiger partial charge in [-0.1, -0.05) is 44.2 Å². The van der Waals surface area contributed by atoms with Crippen LogP contribution in [0.3, 0.4) is 0 Å². The van der Waals surface area contributed by atoms with Gasteiger partial charge >= 0.3 is 0 Å². The molecule has 2 N–H and O–H groups in total. The number of benzene rings is 1. The molecule has 0 spiro atoms. The minimum atomic E-state index is 0. The lowest BCUT2D eigenvalue weighted by Gasteiger charge is -2.60. The average molecular weight is 527 g/mol. The van der Waals surface area contributed by atoms with Crippen molar-refractivity contribution in [1.29, 1.82) is 0 Å². The molecule has 1 aromatic carbocycles. The molecule has 1 aliphatic carbocycles. The molecule has 1 aromatic rings. The van der Waals surface area contributed by atoms with Crippen LogP contribution in [0, 0.1) is 11.3 Å². The van der Waals surface area contributed by atoms with Crippen molar-refractivity contribution < 1.29 is 4.74 Å². The number of hydrogen-bond donors (Lipinski definition) is 2. The number of piperidine rings is 1. The summed E-state index contributed by atoms with van der Waals surface area (Å²) >= 11 is 0. The Balaban J connectivity index is 0.00000256. The van der Waals surface area contributed by atoms with Crippen molar-refractivity contribution in [2.75, 3.05) is 20.2 Å². The number of nitrogens with one attached hydrogen (secondary N) is 2. The Morgan fingerprint density at radius 3 is 2.67 bits per heavy atom. The van der Waals surface area contributed by atoms with Crippen molar-refractivity contribution in [3.05, 3.63) is 35.9 Å². The SMILES string of the molecule is CN=C(NC1CCN(Cc2ccccc2)C(C)C1)NC1C2CCCOC2C1(C)C.I. The maximum Gasteiger partial charge on any atom is 0.191 e. The third kappa shape index (κ3) is 4.96. The van der Waals surface area contributed by atoms with Crippen LogP contribution in [0.4, 0.5) is 0 Å². The zero-order chi connectivity index (χ0) is 20.4. The smallest absolute Gasteiger partial charge is 0.191 e. The summed E-state index contributed by atoms with van der Waals surface area (Å²) in [6, 6.07) is 12.3. The molecule has 4 rings (SSSR count). The lowest BCUT2D eigenvalue weighted by Crippen LogP contribution is -2.71. The first kappa shape index (κ1) is 23.8. The van der Waals surface area contributed by atoms with E-state index in [0.29, 0.717) is 30.1 Å². The van der Waals surface area contributed by atoms with Crippen molar-refractivity contribution in [1.82, 2.24) is 15.5 Å². The van der Waals surface area contributed by atoms with Crippen molar-refractivity contribution >= 4 is 29.9 Å². The minimum absolute atomic E-state index is 0. The number of guanidine groups is 1. The van der Waals surface area contributed by atoms with Crippen LogP contribution in [0.25, 0.3) is 0 Å². The molecule has 2 saturated heterocycles. The molecule has 1 saturated carbocycles. The Kier molecular flexibility index (Phi) is 8.07. The van der Waals surface area contributed by atoms with Crippen LogP contribution in [0.5, 0.6) is 0 Å². The third-order valence-corrected chi connectivity index (χ3v) is 7.43. The van der Waals surface area contributed by atoms with Gasteiger partial charge in [-0.05, 0) is 38.2 Å². The topological polar surface area (TPSA) is 48.9 Å². The Morgan fingerprint density at radius 2 is 1.97 bits per heavy atom. The molecule has 2 aliphatic heterocycles. The molecule has 6 heteroatoms. The molecule has 3 aliphatic rings. The molecule has 0 aromatic heterocycles. The van der Waals surface area contributed by atoms with E-state index < -0.39 is 0 Å². The fourth-order valence-corrected chi connectivity index (χ4v) is 5.73. The summed E-state index contributed by atoms with van der Waals surface area (Å²) in [5.41, 5.74) is 1.56. The first-order valence-electron chi connectivity index (χ1n) is 11.4. The van der Waals surface area contributed by atoms with Gasteiger partial charge in [0.05, 0.1) is 6.10 Å². The van der Waals surface area contributed by atoms with Crippen molar-refractivity contribution in [3.63, 3.8) is 0 Å². The fraction of sp³-hybridized carbons (Fsp3) is 0.708. The van der Waals surface area contributed by atoms with Gasteiger partial charge in [-0.15, -0.1) is 24.0 Å². The minimum Gasteiger partial charge on any atom is -0.377 e. The average Bonchev–Trinajstić information content (AvgIpc) is 2.73. The van der Waals surface area contributed by atoms with Crippen molar-refractivity contribution in [3.8, 4) is 0 Å². The van der Waals surface area contributed by atoms with Gasteiger partial charge < -0.3 is 15.4 Å². The van der Waals surface area contributed by atoms with Gasteiger partial charge in [-0.25, -0.2) is 0 Å². The summed E-state index contributed by atoms with van der Waals surface area (Å²) in [6.45, 7) is 10.1. The number of halogens is 1. The lowest BCUT2D eigenvalue weighted by atomic mass is 9.55. The Hall–Kier alpha value is -0.860. The van der Waals surface area contributed by atoms with E-state index >= 15 is 0 Å². The fourth-order valence-electron chi connectivity index (χ4n) is 5.73. The van der Waals surface area contributed by atoms with Crippen LogP contribution in [-0.2, 0) is 11.3 Å². The van der Waals surface area contributed by atoms with Crippen molar-refractivity contribution in [2.45, 2.75) is 77.2 Å². The molecule has 5 atom stereocenters. The lowest BCUT2D eigenvalue weighted by molar-refractivity contribution is -0.188. The van der Waals surface area contributed by atoms with Crippen LogP contribution in [0.1, 0.15) is 52.0 Å². The summed E-state index contributed by atoms with van der Waals surface area (Å²) in [5.74, 6) is 1.57. The van der Waals surface area contributed by atoms with E-state index in [4.69, 9.17) is 4.74 Å². The molecular weight excluding hydrogens is 487 g/mol. The molecule has 30 heavy (non-hydrogen) atoms. The summed E-state index contributed by atoms with van der Waals surface area (Å²) in [5, 5.41) is 7.48. The highest BCUT2D eigenvalue weighted by Crippen LogP contribution is 2.51. The van der Waals surface area contributed by atoms with Gasteiger partial charge in [0.2, 0.25) is 0 Å². The molecule has 0 radical (unpaired) electrons. The predicted molar refractivity (Wildman–Crippen MR) is 134 cm³/mol. The zero-order valence-electron chi connectivity index (χ0n) is 18.9. The quantitative estimate of drug-likeness (QED) is 0.354. The first-order valence-corrected chi connectivity index (χ1v) is 11.4. The van der Waals surface area contributed by atoms with E-state index in [1.165, 1.54) is 18.4 Å².